The highest BCUT2D eigenvalue weighted by Gasteiger charge is 2.25. The van der Waals surface area contributed by atoms with E-state index in [-0.39, 0.29) is 11.4 Å². The minimum absolute atomic E-state index is 0.167. The van der Waals surface area contributed by atoms with Crippen molar-refractivity contribution < 1.29 is 8.42 Å². The molecule has 7 heteroatoms. The molecule has 2 aromatic rings. The maximum absolute atomic E-state index is 12.5. The molecule has 0 fully saturated rings. The molecular weight excluding hydrogens is 276 g/mol. The zero-order chi connectivity index (χ0) is 14.6. The van der Waals surface area contributed by atoms with E-state index in [2.05, 4.69) is 10.2 Å². The SMILES string of the molecule is CCCN(Cc1ccccc1N)S(=O)(=O)c1cn[nH]c1. The van der Waals surface area contributed by atoms with Gasteiger partial charge in [0.15, 0.2) is 0 Å². The third kappa shape index (κ3) is 3.00. The van der Waals surface area contributed by atoms with E-state index in [1.54, 1.807) is 6.07 Å². The van der Waals surface area contributed by atoms with Gasteiger partial charge in [-0.05, 0) is 18.1 Å². The zero-order valence-corrected chi connectivity index (χ0v) is 12.1. The minimum atomic E-state index is -3.55. The molecule has 3 N–H and O–H groups in total. The van der Waals surface area contributed by atoms with E-state index in [4.69, 9.17) is 5.73 Å². The summed E-state index contributed by atoms with van der Waals surface area (Å²) in [5.41, 5.74) is 7.28. The van der Waals surface area contributed by atoms with E-state index in [0.29, 0.717) is 12.2 Å². The van der Waals surface area contributed by atoms with Crippen LogP contribution in [0.2, 0.25) is 0 Å². The molecule has 0 amide bonds. The van der Waals surface area contributed by atoms with E-state index in [0.717, 1.165) is 12.0 Å². The quantitative estimate of drug-likeness (QED) is 0.791. The van der Waals surface area contributed by atoms with Crippen LogP contribution in [0, 0.1) is 0 Å². The number of rotatable bonds is 6. The van der Waals surface area contributed by atoms with Crippen LogP contribution in [0.25, 0.3) is 0 Å². The second-order valence-electron chi connectivity index (χ2n) is 4.47. The molecule has 0 atom stereocenters. The lowest BCUT2D eigenvalue weighted by Gasteiger charge is -2.21. The number of nitrogens with zero attached hydrogens (tertiary/aromatic N) is 2. The minimum Gasteiger partial charge on any atom is -0.398 e. The number of aromatic nitrogens is 2. The molecule has 0 aliphatic rings. The Labute approximate surface area is 118 Å². The van der Waals surface area contributed by atoms with Gasteiger partial charge in [0, 0.05) is 25.0 Å². The molecule has 0 aliphatic carbocycles. The second-order valence-corrected chi connectivity index (χ2v) is 6.41. The van der Waals surface area contributed by atoms with Crippen LogP contribution in [-0.2, 0) is 16.6 Å². The Hall–Kier alpha value is -1.86. The van der Waals surface area contributed by atoms with E-state index < -0.39 is 10.0 Å². The van der Waals surface area contributed by atoms with Gasteiger partial charge in [-0.3, -0.25) is 5.10 Å². The summed E-state index contributed by atoms with van der Waals surface area (Å²) in [6.07, 6.45) is 3.42. The topological polar surface area (TPSA) is 92.1 Å². The highest BCUT2D eigenvalue weighted by Crippen LogP contribution is 2.20. The third-order valence-corrected chi connectivity index (χ3v) is 4.80. The Morgan fingerprint density at radius 1 is 1.35 bits per heavy atom. The van der Waals surface area contributed by atoms with Gasteiger partial charge >= 0.3 is 0 Å². The summed E-state index contributed by atoms with van der Waals surface area (Å²) in [5, 5.41) is 6.23. The lowest BCUT2D eigenvalue weighted by atomic mass is 10.2. The van der Waals surface area contributed by atoms with Gasteiger partial charge in [-0.2, -0.15) is 9.40 Å². The maximum Gasteiger partial charge on any atom is 0.246 e. The molecule has 0 unspecified atom stereocenters. The van der Waals surface area contributed by atoms with Gasteiger partial charge in [0.05, 0.1) is 6.20 Å². The Kier molecular flexibility index (Phi) is 4.41. The largest absolute Gasteiger partial charge is 0.398 e. The van der Waals surface area contributed by atoms with Gasteiger partial charge in [0.25, 0.3) is 0 Å². The molecule has 0 radical (unpaired) electrons. The van der Waals surface area contributed by atoms with E-state index in [1.165, 1.54) is 16.7 Å². The van der Waals surface area contributed by atoms with Crippen LogP contribution in [0.15, 0.2) is 41.6 Å². The van der Waals surface area contributed by atoms with Crippen molar-refractivity contribution in [2.24, 2.45) is 0 Å². The predicted molar refractivity (Wildman–Crippen MR) is 77.3 cm³/mol. The number of sulfonamides is 1. The van der Waals surface area contributed by atoms with Crippen LogP contribution in [0.5, 0.6) is 0 Å². The highest BCUT2D eigenvalue weighted by molar-refractivity contribution is 7.89. The predicted octanol–water partition coefficient (Wildman–Crippen LogP) is 1.59. The Balaban J connectivity index is 2.31. The average molecular weight is 294 g/mol. The maximum atomic E-state index is 12.5. The number of para-hydroxylation sites is 1. The van der Waals surface area contributed by atoms with Crippen molar-refractivity contribution in [3.8, 4) is 0 Å². The lowest BCUT2D eigenvalue weighted by Crippen LogP contribution is -2.31. The fraction of sp³-hybridized carbons (Fsp3) is 0.308. The van der Waals surface area contributed by atoms with E-state index in [9.17, 15) is 8.42 Å². The summed E-state index contributed by atoms with van der Waals surface area (Å²) in [6, 6.07) is 7.28. The molecule has 6 nitrogen and oxygen atoms in total. The number of anilines is 1. The molecule has 0 saturated heterocycles. The Morgan fingerprint density at radius 3 is 2.70 bits per heavy atom. The lowest BCUT2D eigenvalue weighted by molar-refractivity contribution is 0.406. The molecule has 2 rings (SSSR count). The number of nitrogens with two attached hydrogens (primary N) is 1. The Morgan fingerprint density at radius 2 is 2.10 bits per heavy atom. The Bertz CT molecular complexity index is 653. The summed E-state index contributed by atoms with van der Waals surface area (Å²) >= 11 is 0. The summed E-state index contributed by atoms with van der Waals surface area (Å²) in [4.78, 5) is 0.167. The zero-order valence-electron chi connectivity index (χ0n) is 11.3. The van der Waals surface area contributed by atoms with Crippen molar-refractivity contribution in [1.29, 1.82) is 0 Å². The molecule has 20 heavy (non-hydrogen) atoms. The summed E-state index contributed by atoms with van der Waals surface area (Å²) in [6.45, 7) is 2.63. The van der Waals surface area contributed by atoms with Crippen molar-refractivity contribution in [2.75, 3.05) is 12.3 Å². The van der Waals surface area contributed by atoms with E-state index >= 15 is 0 Å². The van der Waals surface area contributed by atoms with Gasteiger partial charge in [-0.25, -0.2) is 8.42 Å². The van der Waals surface area contributed by atoms with Gasteiger partial charge in [-0.15, -0.1) is 0 Å². The number of hydrogen-bond acceptors (Lipinski definition) is 4. The normalized spacial score (nSPS) is 11.9. The van der Waals surface area contributed by atoms with Crippen molar-refractivity contribution in [3.63, 3.8) is 0 Å². The number of nitrogens with one attached hydrogen (secondary N) is 1. The second kappa shape index (κ2) is 6.06. The summed E-state index contributed by atoms with van der Waals surface area (Å²) in [5.74, 6) is 0. The summed E-state index contributed by atoms with van der Waals surface area (Å²) in [7, 11) is -3.55. The molecule has 1 aromatic heterocycles. The van der Waals surface area contributed by atoms with Crippen LogP contribution in [0.4, 0.5) is 5.69 Å². The molecule has 1 heterocycles. The van der Waals surface area contributed by atoms with Gasteiger partial charge in [0.2, 0.25) is 10.0 Å². The number of nitrogen functional groups attached to an aromatic ring is 1. The highest BCUT2D eigenvalue weighted by atomic mass is 32.2. The van der Waals surface area contributed by atoms with Gasteiger partial charge in [-0.1, -0.05) is 25.1 Å². The van der Waals surface area contributed by atoms with Gasteiger partial charge < -0.3 is 5.73 Å². The monoisotopic (exact) mass is 294 g/mol. The number of H-pyrrole nitrogens is 1. The number of benzene rings is 1. The van der Waals surface area contributed by atoms with Gasteiger partial charge in [0.1, 0.15) is 4.90 Å². The number of hydrogen-bond donors (Lipinski definition) is 2. The van der Waals surface area contributed by atoms with Crippen molar-refractivity contribution in [3.05, 3.63) is 42.2 Å². The van der Waals surface area contributed by atoms with E-state index in [1.807, 2.05) is 25.1 Å². The van der Waals surface area contributed by atoms with Crippen molar-refractivity contribution in [1.82, 2.24) is 14.5 Å². The standard InChI is InChI=1S/C13H18N4O2S/c1-2-7-17(10-11-5-3-4-6-13(11)14)20(18,19)12-8-15-16-9-12/h3-6,8-9H,2,7,10,14H2,1H3,(H,15,16). The first-order valence-electron chi connectivity index (χ1n) is 6.38. The average Bonchev–Trinajstić information content (AvgIpc) is 2.95. The molecule has 0 aliphatic heterocycles. The first kappa shape index (κ1) is 14.5. The third-order valence-electron chi connectivity index (χ3n) is 2.99. The van der Waals surface area contributed by atoms with Crippen molar-refractivity contribution in [2.45, 2.75) is 24.8 Å². The van der Waals surface area contributed by atoms with Crippen LogP contribution in [-0.4, -0.2) is 29.5 Å². The molecule has 108 valence electrons. The molecule has 0 spiro atoms. The first-order chi connectivity index (χ1) is 9.55. The summed E-state index contributed by atoms with van der Waals surface area (Å²) < 4.78 is 26.5. The molecule has 1 aromatic carbocycles. The first-order valence-corrected chi connectivity index (χ1v) is 7.82. The van der Waals surface area contributed by atoms with Crippen LogP contribution in [0.3, 0.4) is 0 Å². The smallest absolute Gasteiger partial charge is 0.246 e. The van der Waals surface area contributed by atoms with Crippen LogP contribution in [0.1, 0.15) is 18.9 Å². The number of aromatic amines is 1. The van der Waals surface area contributed by atoms with Crippen molar-refractivity contribution >= 4 is 15.7 Å². The van der Waals surface area contributed by atoms with Crippen LogP contribution < -0.4 is 5.73 Å². The van der Waals surface area contributed by atoms with Crippen LogP contribution >= 0.6 is 0 Å². The molecule has 0 bridgehead atoms. The molecule has 0 saturated carbocycles. The fourth-order valence-corrected chi connectivity index (χ4v) is 3.35. The molecular formula is C13H18N4O2S. The fourth-order valence-electron chi connectivity index (χ4n) is 1.93.